The number of rotatable bonds is 6. The van der Waals surface area contributed by atoms with Crippen molar-refractivity contribution in [1.29, 1.82) is 0 Å². The maximum absolute atomic E-state index is 11.4. The molecule has 0 atom stereocenters. The third-order valence-electron chi connectivity index (χ3n) is 1.88. The average molecular weight is 290 g/mol. The standard InChI is InChI=1S/C10H16ClN5OS/c1-4-5-12-7(17)6-18-10-14-8(11)13-9(15-10)16(2)3/h4-6H2,1-3H3,(H,12,17). The second-order valence-electron chi connectivity index (χ2n) is 3.72. The van der Waals surface area contributed by atoms with Crippen molar-refractivity contribution in [3.63, 3.8) is 0 Å². The first kappa shape index (κ1) is 15.0. The van der Waals surface area contributed by atoms with E-state index in [0.717, 1.165) is 6.42 Å². The van der Waals surface area contributed by atoms with Gasteiger partial charge in [0.05, 0.1) is 5.75 Å². The van der Waals surface area contributed by atoms with Crippen LogP contribution in [0.15, 0.2) is 5.16 Å². The molecule has 0 spiro atoms. The second kappa shape index (κ2) is 7.38. The van der Waals surface area contributed by atoms with Crippen LogP contribution in [0.2, 0.25) is 5.28 Å². The van der Waals surface area contributed by atoms with Gasteiger partial charge in [-0.25, -0.2) is 0 Å². The van der Waals surface area contributed by atoms with E-state index in [1.54, 1.807) is 4.90 Å². The molecule has 0 aromatic carbocycles. The lowest BCUT2D eigenvalue weighted by Gasteiger charge is -2.10. The first-order chi connectivity index (χ1) is 8.52. The van der Waals surface area contributed by atoms with Gasteiger partial charge in [-0.2, -0.15) is 15.0 Å². The Labute approximate surface area is 116 Å². The summed E-state index contributed by atoms with van der Waals surface area (Å²) in [4.78, 5) is 25.3. The minimum atomic E-state index is -0.0372. The summed E-state index contributed by atoms with van der Waals surface area (Å²) in [5.41, 5.74) is 0. The summed E-state index contributed by atoms with van der Waals surface area (Å²) in [5.74, 6) is 0.712. The predicted molar refractivity (Wildman–Crippen MR) is 73.2 cm³/mol. The number of halogens is 1. The molecule has 1 rings (SSSR count). The Kier molecular flexibility index (Phi) is 6.14. The van der Waals surface area contributed by atoms with Gasteiger partial charge in [0.25, 0.3) is 0 Å². The number of hydrogen-bond donors (Lipinski definition) is 1. The number of aromatic nitrogens is 3. The van der Waals surface area contributed by atoms with Crippen LogP contribution in [0.1, 0.15) is 13.3 Å². The van der Waals surface area contributed by atoms with Gasteiger partial charge in [-0.3, -0.25) is 4.79 Å². The molecule has 1 heterocycles. The van der Waals surface area contributed by atoms with Gasteiger partial charge < -0.3 is 10.2 Å². The number of anilines is 1. The summed E-state index contributed by atoms with van der Waals surface area (Å²) in [7, 11) is 3.63. The van der Waals surface area contributed by atoms with Gasteiger partial charge in [0.2, 0.25) is 17.1 Å². The molecule has 6 nitrogen and oxygen atoms in total. The van der Waals surface area contributed by atoms with E-state index in [1.807, 2.05) is 21.0 Å². The van der Waals surface area contributed by atoms with Crippen LogP contribution >= 0.6 is 23.4 Å². The molecule has 0 unspecified atom stereocenters. The summed E-state index contributed by atoms with van der Waals surface area (Å²) in [6, 6.07) is 0. The lowest BCUT2D eigenvalue weighted by Crippen LogP contribution is -2.25. The van der Waals surface area contributed by atoms with Crippen LogP contribution < -0.4 is 10.2 Å². The van der Waals surface area contributed by atoms with Crippen LogP contribution in [-0.4, -0.2) is 47.3 Å². The molecule has 100 valence electrons. The normalized spacial score (nSPS) is 10.2. The minimum Gasteiger partial charge on any atom is -0.355 e. The largest absolute Gasteiger partial charge is 0.355 e. The molecule has 1 aromatic heterocycles. The fourth-order valence-electron chi connectivity index (χ4n) is 1.03. The number of carbonyl (C=O) groups is 1. The number of hydrogen-bond acceptors (Lipinski definition) is 6. The highest BCUT2D eigenvalue weighted by molar-refractivity contribution is 7.99. The molecule has 0 fully saturated rings. The molecular weight excluding hydrogens is 274 g/mol. The Morgan fingerprint density at radius 3 is 2.72 bits per heavy atom. The van der Waals surface area contributed by atoms with E-state index in [4.69, 9.17) is 11.6 Å². The maximum Gasteiger partial charge on any atom is 0.230 e. The highest BCUT2D eigenvalue weighted by atomic mass is 35.5. The molecule has 0 bridgehead atoms. The topological polar surface area (TPSA) is 71.0 Å². The molecule has 0 saturated heterocycles. The van der Waals surface area contributed by atoms with Gasteiger partial charge in [-0.05, 0) is 18.0 Å². The molecule has 0 aliphatic heterocycles. The van der Waals surface area contributed by atoms with Crippen molar-refractivity contribution in [1.82, 2.24) is 20.3 Å². The lowest BCUT2D eigenvalue weighted by atomic mass is 10.5. The number of thioether (sulfide) groups is 1. The summed E-state index contributed by atoms with van der Waals surface area (Å²) >= 11 is 7.03. The van der Waals surface area contributed by atoms with Gasteiger partial charge in [0.1, 0.15) is 0 Å². The Balaban J connectivity index is 2.59. The lowest BCUT2D eigenvalue weighted by molar-refractivity contribution is -0.118. The van der Waals surface area contributed by atoms with Gasteiger partial charge in [-0.1, -0.05) is 18.7 Å². The molecule has 18 heavy (non-hydrogen) atoms. The van der Waals surface area contributed by atoms with Crippen molar-refractivity contribution < 1.29 is 4.79 Å². The average Bonchev–Trinajstić information content (AvgIpc) is 2.33. The van der Waals surface area contributed by atoms with Crippen LogP contribution in [0.4, 0.5) is 5.95 Å². The molecular formula is C10H16ClN5OS. The molecule has 1 aromatic rings. The highest BCUT2D eigenvalue weighted by Crippen LogP contribution is 2.17. The van der Waals surface area contributed by atoms with Crippen molar-refractivity contribution >= 4 is 35.2 Å². The fourth-order valence-corrected chi connectivity index (χ4v) is 1.90. The monoisotopic (exact) mass is 289 g/mol. The van der Waals surface area contributed by atoms with E-state index in [0.29, 0.717) is 17.6 Å². The first-order valence-corrected chi connectivity index (χ1v) is 6.87. The third kappa shape index (κ3) is 5.05. The van der Waals surface area contributed by atoms with E-state index < -0.39 is 0 Å². The zero-order valence-electron chi connectivity index (χ0n) is 10.6. The molecule has 0 aliphatic carbocycles. The SMILES string of the molecule is CCCNC(=O)CSc1nc(Cl)nc(N(C)C)n1. The van der Waals surface area contributed by atoms with Crippen molar-refractivity contribution in [3.8, 4) is 0 Å². The number of carbonyl (C=O) groups excluding carboxylic acids is 1. The number of nitrogens with one attached hydrogen (secondary N) is 1. The summed E-state index contributed by atoms with van der Waals surface area (Å²) in [6.07, 6.45) is 0.915. The van der Waals surface area contributed by atoms with Gasteiger partial charge >= 0.3 is 0 Å². The Morgan fingerprint density at radius 1 is 1.39 bits per heavy atom. The van der Waals surface area contributed by atoms with Crippen molar-refractivity contribution in [3.05, 3.63) is 5.28 Å². The molecule has 1 N–H and O–H groups in total. The van der Waals surface area contributed by atoms with Gasteiger partial charge in [0, 0.05) is 20.6 Å². The van der Waals surface area contributed by atoms with Crippen molar-refractivity contribution in [2.75, 3.05) is 31.3 Å². The van der Waals surface area contributed by atoms with Gasteiger partial charge in [0.15, 0.2) is 5.16 Å². The molecule has 0 saturated carbocycles. The molecule has 0 radical (unpaired) electrons. The summed E-state index contributed by atoms with van der Waals surface area (Å²) < 4.78 is 0. The second-order valence-corrected chi connectivity index (χ2v) is 5.00. The van der Waals surface area contributed by atoms with E-state index in [2.05, 4.69) is 20.3 Å². The highest BCUT2D eigenvalue weighted by Gasteiger charge is 2.09. The fraction of sp³-hybridized carbons (Fsp3) is 0.600. The smallest absolute Gasteiger partial charge is 0.230 e. The number of amides is 1. The maximum atomic E-state index is 11.4. The Bertz CT molecular complexity index is 415. The van der Waals surface area contributed by atoms with Crippen LogP contribution in [0.3, 0.4) is 0 Å². The number of nitrogens with zero attached hydrogens (tertiary/aromatic N) is 4. The minimum absolute atomic E-state index is 0.0372. The van der Waals surface area contributed by atoms with Crippen molar-refractivity contribution in [2.45, 2.75) is 18.5 Å². The van der Waals surface area contributed by atoms with E-state index in [-0.39, 0.29) is 16.9 Å². The van der Waals surface area contributed by atoms with Gasteiger partial charge in [-0.15, -0.1) is 0 Å². The summed E-state index contributed by atoms with van der Waals surface area (Å²) in [5, 5.41) is 3.36. The molecule has 0 aliphatic rings. The quantitative estimate of drug-likeness (QED) is 0.794. The van der Waals surface area contributed by atoms with Crippen molar-refractivity contribution in [2.24, 2.45) is 0 Å². The van der Waals surface area contributed by atoms with E-state index in [1.165, 1.54) is 11.8 Å². The summed E-state index contributed by atoms with van der Waals surface area (Å²) in [6.45, 7) is 2.68. The van der Waals surface area contributed by atoms with Crippen LogP contribution in [-0.2, 0) is 4.79 Å². The van der Waals surface area contributed by atoms with Crippen LogP contribution in [0.25, 0.3) is 0 Å². The molecule has 8 heteroatoms. The van der Waals surface area contributed by atoms with Crippen LogP contribution in [0, 0.1) is 0 Å². The molecule has 1 amide bonds. The van der Waals surface area contributed by atoms with Crippen LogP contribution in [0.5, 0.6) is 0 Å². The zero-order chi connectivity index (χ0) is 13.5. The van der Waals surface area contributed by atoms with E-state index in [9.17, 15) is 4.79 Å². The zero-order valence-corrected chi connectivity index (χ0v) is 12.2. The Hall–Kier alpha value is -1.08. The van der Waals surface area contributed by atoms with E-state index >= 15 is 0 Å². The first-order valence-electron chi connectivity index (χ1n) is 5.51. The third-order valence-corrected chi connectivity index (χ3v) is 2.90. The predicted octanol–water partition coefficient (Wildman–Crippen LogP) is 1.21. The Morgan fingerprint density at radius 2 is 2.11 bits per heavy atom.